The molecule has 2 aliphatic rings. The molecule has 24 heavy (non-hydrogen) atoms. The Morgan fingerprint density at radius 2 is 1.25 bits per heavy atom. The highest BCUT2D eigenvalue weighted by atomic mass is 16.7. The van der Waals surface area contributed by atoms with Crippen LogP contribution in [0, 0.1) is 0 Å². The highest BCUT2D eigenvalue weighted by molar-refractivity contribution is 5.01. The van der Waals surface area contributed by atoms with Crippen LogP contribution >= 0.6 is 0 Å². The Morgan fingerprint density at radius 1 is 0.708 bits per heavy atom. The fourth-order valence-electron chi connectivity index (χ4n) is 2.96. The molecule has 1 aliphatic heterocycles. The molecule has 1 heterocycles. The molecule has 1 saturated carbocycles. The van der Waals surface area contributed by atoms with Crippen molar-refractivity contribution in [1.29, 1.82) is 0 Å². The first-order valence-corrected chi connectivity index (χ1v) is 7.45. The Morgan fingerprint density at radius 3 is 1.79 bits per heavy atom. The van der Waals surface area contributed by atoms with Crippen molar-refractivity contribution in [3.63, 3.8) is 0 Å². The average molecular weight is 356 g/mol. The predicted octanol–water partition coefficient (Wildman–Crippen LogP) is -5.36. The van der Waals surface area contributed by atoms with Crippen molar-refractivity contribution in [3.8, 4) is 0 Å². The van der Waals surface area contributed by atoms with Crippen LogP contribution in [-0.4, -0.2) is 122 Å². The molecule has 1 saturated heterocycles. The largest absolute Gasteiger partial charge is 0.394 e. The Hall–Kier alpha value is -0.440. The van der Waals surface area contributed by atoms with Crippen LogP contribution in [0.3, 0.4) is 0 Å². The zero-order chi connectivity index (χ0) is 18.2. The molecule has 11 atom stereocenters. The van der Waals surface area contributed by atoms with Gasteiger partial charge in [0, 0.05) is 7.11 Å². The lowest BCUT2D eigenvalue weighted by atomic mass is 9.84. The van der Waals surface area contributed by atoms with Gasteiger partial charge in [0.25, 0.3) is 0 Å². The van der Waals surface area contributed by atoms with Gasteiger partial charge in [-0.3, -0.25) is 0 Å². The summed E-state index contributed by atoms with van der Waals surface area (Å²) >= 11 is 0. The van der Waals surface area contributed by atoms with Crippen LogP contribution in [-0.2, 0) is 14.2 Å². The van der Waals surface area contributed by atoms with Crippen LogP contribution in [0.5, 0.6) is 0 Å². The number of methoxy groups -OCH3 is 1. The maximum atomic E-state index is 10.2. The van der Waals surface area contributed by atoms with E-state index in [9.17, 15) is 35.7 Å². The minimum atomic E-state index is -1.74. The van der Waals surface area contributed by atoms with Gasteiger partial charge in [0.1, 0.15) is 61.0 Å². The zero-order valence-corrected chi connectivity index (χ0v) is 12.9. The summed E-state index contributed by atoms with van der Waals surface area (Å²) in [4.78, 5) is 0. The summed E-state index contributed by atoms with van der Waals surface area (Å²) in [5, 5.41) is 78.2. The fourth-order valence-corrected chi connectivity index (χ4v) is 2.96. The van der Waals surface area contributed by atoms with Gasteiger partial charge in [0.15, 0.2) is 6.29 Å². The third kappa shape index (κ3) is 3.43. The first-order chi connectivity index (χ1) is 11.2. The summed E-state index contributed by atoms with van der Waals surface area (Å²) in [7, 11) is 1.17. The summed E-state index contributed by atoms with van der Waals surface area (Å²) < 4.78 is 15.3. The van der Waals surface area contributed by atoms with Crippen LogP contribution in [0.4, 0.5) is 0 Å². The van der Waals surface area contributed by atoms with Crippen LogP contribution < -0.4 is 0 Å². The molecule has 0 bridgehead atoms. The van der Waals surface area contributed by atoms with Gasteiger partial charge in [0.05, 0.1) is 6.61 Å². The summed E-state index contributed by atoms with van der Waals surface area (Å²) in [6.07, 6.45) is -17.3. The van der Waals surface area contributed by atoms with Crippen molar-refractivity contribution >= 4 is 0 Å². The van der Waals surface area contributed by atoms with E-state index in [1.807, 2.05) is 0 Å². The smallest absolute Gasteiger partial charge is 0.187 e. The van der Waals surface area contributed by atoms with Crippen molar-refractivity contribution in [2.45, 2.75) is 67.3 Å². The normalized spacial score (nSPS) is 53.1. The molecule has 0 radical (unpaired) electrons. The third-order valence-corrected chi connectivity index (χ3v) is 4.46. The van der Waals surface area contributed by atoms with Crippen LogP contribution in [0.2, 0.25) is 0 Å². The molecule has 8 N–H and O–H groups in total. The second-order valence-electron chi connectivity index (χ2n) is 5.96. The minimum Gasteiger partial charge on any atom is -0.394 e. The van der Waals surface area contributed by atoms with Crippen LogP contribution in [0.15, 0.2) is 0 Å². The minimum absolute atomic E-state index is 0.678. The Labute approximate surface area is 137 Å². The molecule has 0 spiro atoms. The zero-order valence-electron chi connectivity index (χ0n) is 12.9. The molecule has 11 nitrogen and oxygen atoms in total. The van der Waals surface area contributed by atoms with Gasteiger partial charge in [0.2, 0.25) is 0 Å². The van der Waals surface area contributed by atoms with Gasteiger partial charge in [-0.25, -0.2) is 0 Å². The topological polar surface area (TPSA) is 190 Å². The van der Waals surface area contributed by atoms with E-state index in [0.29, 0.717) is 0 Å². The lowest BCUT2D eigenvalue weighted by molar-refractivity contribution is -0.340. The van der Waals surface area contributed by atoms with Crippen molar-refractivity contribution in [2.24, 2.45) is 0 Å². The van der Waals surface area contributed by atoms with Crippen molar-refractivity contribution in [2.75, 3.05) is 13.7 Å². The van der Waals surface area contributed by atoms with Crippen LogP contribution in [0.25, 0.3) is 0 Å². The Kier molecular flexibility index (Phi) is 6.50. The van der Waals surface area contributed by atoms with Gasteiger partial charge in [-0.2, -0.15) is 0 Å². The predicted molar refractivity (Wildman–Crippen MR) is 73.5 cm³/mol. The van der Waals surface area contributed by atoms with E-state index < -0.39 is 73.9 Å². The maximum absolute atomic E-state index is 10.2. The van der Waals surface area contributed by atoms with E-state index in [4.69, 9.17) is 19.3 Å². The molecule has 0 aromatic carbocycles. The van der Waals surface area contributed by atoms with Gasteiger partial charge in [-0.15, -0.1) is 0 Å². The van der Waals surface area contributed by atoms with E-state index >= 15 is 0 Å². The first kappa shape index (κ1) is 19.9. The third-order valence-electron chi connectivity index (χ3n) is 4.46. The Balaban J connectivity index is 2.15. The molecular weight excluding hydrogens is 332 g/mol. The highest BCUT2D eigenvalue weighted by Gasteiger charge is 2.53. The fraction of sp³-hybridized carbons (Fsp3) is 1.00. The molecule has 142 valence electrons. The van der Waals surface area contributed by atoms with Crippen molar-refractivity contribution in [3.05, 3.63) is 0 Å². The second-order valence-corrected chi connectivity index (χ2v) is 5.96. The molecule has 0 unspecified atom stereocenters. The molecule has 0 aromatic heterocycles. The average Bonchev–Trinajstić information content (AvgIpc) is 2.57. The summed E-state index contributed by atoms with van der Waals surface area (Å²) in [6.45, 7) is -0.678. The number of hydrogen-bond acceptors (Lipinski definition) is 11. The first-order valence-electron chi connectivity index (χ1n) is 7.45. The second kappa shape index (κ2) is 7.85. The van der Waals surface area contributed by atoms with Crippen LogP contribution in [0.1, 0.15) is 0 Å². The Bertz CT molecular complexity index is 407. The monoisotopic (exact) mass is 356 g/mol. The van der Waals surface area contributed by atoms with Gasteiger partial charge < -0.3 is 55.1 Å². The lowest BCUT2D eigenvalue weighted by Crippen LogP contribution is -2.67. The number of aliphatic hydroxyl groups is 8. The van der Waals surface area contributed by atoms with E-state index in [1.165, 1.54) is 7.11 Å². The van der Waals surface area contributed by atoms with Gasteiger partial charge in [-0.1, -0.05) is 0 Å². The molecular formula is C13H24O11. The molecule has 0 amide bonds. The summed E-state index contributed by atoms with van der Waals surface area (Å²) in [6, 6.07) is 0. The quantitative estimate of drug-likeness (QED) is 0.240. The van der Waals surface area contributed by atoms with E-state index in [1.54, 1.807) is 0 Å². The summed E-state index contributed by atoms with van der Waals surface area (Å²) in [5.74, 6) is 0. The molecule has 2 rings (SSSR count). The van der Waals surface area contributed by atoms with E-state index in [2.05, 4.69) is 0 Å². The molecule has 1 aliphatic carbocycles. The highest BCUT2D eigenvalue weighted by Crippen LogP contribution is 2.30. The lowest BCUT2D eigenvalue weighted by Gasteiger charge is -2.46. The van der Waals surface area contributed by atoms with Gasteiger partial charge in [-0.05, 0) is 0 Å². The molecule has 2 fully saturated rings. The summed E-state index contributed by atoms with van der Waals surface area (Å²) in [5.41, 5.74) is 0. The standard InChI is InChI=1S/C13H24O11/c1-22-11-7(18)6(17)8(19)12(10(11)21)24-13-9(20)5(16)4(15)3(2-14)23-13/h3-21H,2H2,1H3/t3-,4+,5+,6-,7+,8+,9-,10+,11-,12+,13+/m1/s1. The number of ether oxygens (including phenoxy) is 3. The van der Waals surface area contributed by atoms with Gasteiger partial charge >= 0.3 is 0 Å². The number of rotatable bonds is 4. The number of aliphatic hydroxyl groups excluding tert-OH is 8. The number of hydrogen-bond donors (Lipinski definition) is 8. The SMILES string of the molecule is CO[C@H]1[C@H](O)[C@@H](O[C@@H]2O[C@H](CO)[C@H](O)[C@H](O)[C@H]2O)[C@@H](O)[C@H](O)[C@@H]1O. The molecule has 11 heteroatoms. The van der Waals surface area contributed by atoms with Crippen molar-refractivity contribution < 1.29 is 55.1 Å². The van der Waals surface area contributed by atoms with E-state index in [-0.39, 0.29) is 0 Å². The molecule has 0 aromatic rings. The maximum Gasteiger partial charge on any atom is 0.187 e. The van der Waals surface area contributed by atoms with Crippen molar-refractivity contribution in [1.82, 2.24) is 0 Å². The van der Waals surface area contributed by atoms with E-state index in [0.717, 1.165) is 0 Å².